The molecule has 1 aliphatic rings. The van der Waals surface area contributed by atoms with Gasteiger partial charge in [-0.2, -0.15) is 0 Å². The molecule has 4 nitrogen and oxygen atoms in total. The molecule has 0 spiro atoms. The van der Waals surface area contributed by atoms with Crippen molar-refractivity contribution in [1.29, 1.82) is 0 Å². The fourth-order valence-electron chi connectivity index (χ4n) is 2.90. The zero-order valence-electron chi connectivity index (χ0n) is 14.4. The molecule has 1 unspecified atom stereocenters. The van der Waals surface area contributed by atoms with E-state index < -0.39 is 0 Å². The van der Waals surface area contributed by atoms with E-state index in [0.29, 0.717) is 18.0 Å². The van der Waals surface area contributed by atoms with Crippen LogP contribution in [-0.2, 0) is 6.54 Å². The summed E-state index contributed by atoms with van der Waals surface area (Å²) < 4.78 is 0. The molecule has 3 N–H and O–H groups in total. The Labute approximate surface area is 157 Å². The highest BCUT2D eigenvalue weighted by Crippen LogP contribution is 2.17. The molecule has 23 heavy (non-hydrogen) atoms. The Morgan fingerprint density at radius 3 is 2.57 bits per heavy atom. The van der Waals surface area contributed by atoms with Gasteiger partial charge in [0.15, 0.2) is 5.96 Å². The molecule has 1 fully saturated rings. The summed E-state index contributed by atoms with van der Waals surface area (Å²) in [5, 5.41) is 3.37. The van der Waals surface area contributed by atoms with E-state index >= 15 is 0 Å². The number of rotatable bonds is 6. The first-order chi connectivity index (χ1) is 10.6. The van der Waals surface area contributed by atoms with Crippen molar-refractivity contribution in [2.75, 3.05) is 13.6 Å². The quantitative estimate of drug-likeness (QED) is 0.414. The Hall–Kier alpha value is -0.820. The van der Waals surface area contributed by atoms with Crippen LogP contribution in [0.4, 0.5) is 0 Å². The molecule has 0 bridgehead atoms. The number of likely N-dealkylation sites (N-methyl/N-ethyl adjacent to an activating group) is 1. The van der Waals surface area contributed by atoms with Crippen LogP contribution < -0.4 is 11.1 Å². The normalized spacial score (nSPS) is 17.6. The molecule has 0 heterocycles. The standard InChI is InChI=1S/C18H30N4.HI/c1-15(22(2)14-16-9-5-3-6-10-16)13-20-18(19)21-17-11-7-4-8-12-17;/h3,5-6,9-10,15,17H,4,7-8,11-14H2,1-2H3,(H3,19,20,21);1H. The van der Waals surface area contributed by atoms with E-state index in [2.05, 4.69) is 59.5 Å². The number of nitrogens with one attached hydrogen (secondary N) is 1. The lowest BCUT2D eigenvalue weighted by Gasteiger charge is -2.25. The summed E-state index contributed by atoms with van der Waals surface area (Å²) in [6.45, 7) is 3.86. The van der Waals surface area contributed by atoms with Gasteiger partial charge in [0, 0.05) is 18.6 Å². The van der Waals surface area contributed by atoms with Gasteiger partial charge in [-0.25, -0.2) is 0 Å². The summed E-state index contributed by atoms with van der Waals surface area (Å²) in [7, 11) is 2.14. The lowest BCUT2D eigenvalue weighted by Crippen LogP contribution is -2.42. The van der Waals surface area contributed by atoms with Crippen LogP contribution in [0.25, 0.3) is 0 Å². The van der Waals surface area contributed by atoms with Crippen LogP contribution in [0.15, 0.2) is 35.3 Å². The second kappa shape index (κ2) is 10.9. The molecular weight excluding hydrogens is 399 g/mol. The average Bonchev–Trinajstić information content (AvgIpc) is 2.54. The molecule has 1 aliphatic carbocycles. The first kappa shape index (κ1) is 20.2. The van der Waals surface area contributed by atoms with Gasteiger partial charge in [0.1, 0.15) is 0 Å². The van der Waals surface area contributed by atoms with Gasteiger partial charge >= 0.3 is 0 Å². The maximum absolute atomic E-state index is 6.03. The Bertz CT molecular complexity index is 457. The van der Waals surface area contributed by atoms with Crippen LogP contribution in [-0.4, -0.2) is 36.5 Å². The van der Waals surface area contributed by atoms with Crippen LogP contribution in [0.2, 0.25) is 0 Å². The number of hydrogen-bond donors (Lipinski definition) is 2. The first-order valence-corrected chi connectivity index (χ1v) is 8.46. The number of halogens is 1. The van der Waals surface area contributed by atoms with Crippen molar-refractivity contribution in [3.05, 3.63) is 35.9 Å². The number of aliphatic imine (C=N–C) groups is 1. The summed E-state index contributed by atoms with van der Waals surface area (Å²) >= 11 is 0. The summed E-state index contributed by atoms with van der Waals surface area (Å²) in [6, 6.07) is 11.4. The van der Waals surface area contributed by atoms with Gasteiger partial charge in [-0.3, -0.25) is 9.89 Å². The molecule has 5 heteroatoms. The number of hydrogen-bond acceptors (Lipinski definition) is 2. The number of guanidine groups is 1. The van der Waals surface area contributed by atoms with Crippen LogP contribution >= 0.6 is 24.0 Å². The molecule has 0 aliphatic heterocycles. The molecule has 1 aromatic carbocycles. The predicted molar refractivity (Wildman–Crippen MR) is 109 cm³/mol. The maximum Gasteiger partial charge on any atom is 0.188 e. The highest BCUT2D eigenvalue weighted by molar-refractivity contribution is 14.0. The molecule has 0 amide bonds. The highest BCUT2D eigenvalue weighted by Gasteiger charge is 2.14. The van der Waals surface area contributed by atoms with E-state index in [0.717, 1.165) is 13.1 Å². The van der Waals surface area contributed by atoms with Gasteiger partial charge in [0.05, 0.1) is 6.54 Å². The summed E-state index contributed by atoms with van der Waals surface area (Å²) in [6.07, 6.45) is 6.41. The smallest absolute Gasteiger partial charge is 0.188 e. The molecular formula is C18H31IN4. The van der Waals surface area contributed by atoms with Crippen molar-refractivity contribution in [3.63, 3.8) is 0 Å². The zero-order valence-corrected chi connectivity index (χ0v) is 16.7. The summed E-state index contributed by atoms with van der Waals surface area (Å²) in [5.74, 6) is 0.604. The van der Waals surface area contributed by atoms with Gasteiger partial charge in [-0.1, -0.05) is 49.6 Å². The van der Waals surface area contributed by atoms with Crippen molar-refractivity contribution >= 4 is 29.9 Å². The van der Waals surface area contributed by atoms with E-state index in [9.17, 15) is 0 Å². The van der Waals surface area contributed by atoms with Gasteiger partial charge < -0.3 is 11.1 Å². The molecule has 1 atom stereocenters. The number of benzene rings is 1. The van der Waals surface area contributed by atoms with Crippen LogP contribution in [0.1, 0.15) is 44.6 Å². The second-order valence-electron chi connectivity index (χ2n) is 6.45. The third-order valence-electron chi connectivity index (χ3n) is 4.51. The van der Waals surface area contributed by atoms with Gasteiger partial charge in [0.25, 0.3) is 0 Å². The summed E-state index contributed by atoms with van der Waals surface area (Å²) in [4.78, 5) is 6.83. The van der Waals surface area contributed by atoms with Crippen molar-refractivity contribution in [1.82, 2.24) is 10.2 Å². The second-order valence-corrected chi connectivity index (χ2v) is 6.45. The SMILES string of the molecule is CC(CN=C(N)NC1CCCCC1)N(C)Cc1ccccc1.I. The molecule has 0 saturated heterocycles. The Balaban J connectivity index is 0.00000264. The molecule has 1 saturated carbocycles. The fourth-order valence-corrected chi connectivity index (χ4v) is 2.90. The van der Waals surface area contributed by atoms with E-state index in [1.807, 2.05) is 0 Å². The van der Waals surface area contributed by atoms with E-state index in [1.54, 1.807) is 0 Å². The minimum Gasteiger partial charge on any atom is -0.370 e. The molecule has 0 aromatic heterocycles. The third-order valence-corrected chi connectivity index (χ3v) is 4.51. The lowest BCUT2D eigenvalue weighted by atomic mass is 9.96. The minimum atomic E-state index is 0. The fraction of sp³-hybridized carbons (Fsp3) is 0.611. The third kappa shape index (κ3) is 7.52. The van der Waals surface area contributed by atoms with Crippen molar-refractivity contribution in [2.45, 2.75) is 57.7 Å². The van der Waals surface area contributed by atoms with Crippen molar-refractivity contribution in [3.8, 4) is 0 Å². The number of nitrogens with two attached hydrogens (primary N) is 1. The van der Waals surface area contributed by atoms with Crippen molar-refractivity contribution < 1.29 is 0 Å². The Morgan fingerprint density at radius 1 is 1.26 bits per heavy atom. The van der Waals surface area contributed by atoms with Gasteiger partial charge in [-0.15, -0.1) is 24.0 Å². The monoisotopic (exact) mass is 430 g/mol. The van der Waals surface area contributed by atoms with Gasteiger partial charge in [0.2, 0.25) is 0 Å². The summed E-state index contributed by atoms with van der Waals surface area (Å²) in [5.41, 5.74) is 7.35. The van der Waals surface area contributed by atoms with Crippen LogP contribution in [0, 0.1) is 0 Å². The van der Waals surface area contributed by atoms with E-state index in [-0.39, 0.29) is 24.0 Å². The van der Waals surface area contributed by atoms with Gasteiger partial charge in [-0.05, 0) is 32.4 Å². The largest absolute Gasteiger partial charge is 0.370 e. The zero-order chi connectivity index (χ0) is 15.8. The highest BCUT2D eigenvalue weighted by atomic mass is 127. The average molecular weight is 430 g/mol. The topological polar surface area (TPSA) is 53.6 Å². The Morgan fingerprint density at radius 2 is 1.91 bits per heavy atom. The van der Waals surface area contributed by atoms with E-state index in [1.165, 1.54) is 37.7 Å². The van der Waals surface area contributed by atoms with E-state index in [4.69, 9.17) is 5.73 Å². The molecule has 130 valence electrons. The molecule has 0 radical (unpaired) electrons. The Kier molecular flexibility index (Phi) is 9.55. The minimum absolute atomic E-state index is 0. The maximum atomic E-state index is 6.03. The first-order valence-electron chi connectivity index (χ1n) is 8.46. The van der Waals surface area contributed by atoms with Crippen LogP contribution in [0.5, 0.6) is 0 Å². The van der Waals surface area contributed by atoms with Crippen molar-refractivity contribution in [2.24, 2.45) is 10.7 Å². The van der Waals surface area contributed by atoms with Crippen LogP contribution in [0.3, 0.4) is 0 Å². The molecule has 2 rings (SSSR count). The number of nitrogens with zero attached hydrogens (tertiary/aromatic N) is 2. The predicted octanol–water partition coefficient (Wildman–Crippen LogP) is 3.36. The lowest BCUT2D eigenvalue weighted by molar-refractivity contribution is 0.255. The molecule has 1 aromatic rings.